The maximum Gasteiger partial charge on any atom is 0.433 e. The van der Waals surface area contributed by atoms with Gasteiger partial charge in [0.15, 0.2) is 5.65 Å². The van der Waals surface area contributed by atoms with Crippen molar-refractivity contribution >= 4 is 21.8 Å². The lowest BCUT2D eigenvalue weighted by molar-refractivity contribution is -0.141. The van der Waals surface area contributed by atoms with Crippen LogP contribution in [0.4, 0.5) is 13.2 Å². The molecular formula is C13H7F3N2. The van der Waals surface area contributed by atoms with Crippen LogP contribution in [0.25, 0.3) is 21.8 Å². The van der Waals surface area contributed by atoms with Crippen molar-refractivity contribution in [2.75, 3.05) is 0 Å². The lowest BCUT2D eigenvalue weighted by atomic mass is 10.1. The monoisotopic (exact) mass is 248 g/mol. The Hall–Kier alpha value is -2.17. The average Bonchev–Trinajstić information content (AvgIpc) is 2.37. The van der Waals surface area contributed by atoms with Crippen molar-refractivity contribution in [1.82, 2.24) is 9.97 Å². The Morgan fingerprint density at radius 3 is 2.44 bits per heavy atom. The number of rotatable bonds is 0. The molecule has 0 radical (unpaired) electrons. The molecule has 2 heterocycles. The first-order valence-electron chi connectivity index (χ1n) is 5.27. The van der Waals surface area contributed by atoms with Crippen molar-refractivity contribution in [3.8, 4) is 0 Å². The van der Waals surface area contributed by atoms with Crippen LogP contribution in [0.15, 0.2) is 42.6 Å². The molecule has 90 valence electrons. The minimum atomic E-state index is -4.44. The standard InChI is InChI=1S/C13H7F3N2/c14-13(15,16)11-6-5-10-9-4-2-1-3-8(9)7-17-12(10)18-11/h1-7H. The number of fused-ring (bicyclic) bond motifs is 3. The van der Waals surface area contributed by atoms with Gasteiger partial charge in [-0.3, -0.25) is 0 Å². The highest BCUT2D eigenvalue weighted by Crippen LogP contribution is 2.30. The van der Waals surface area contributed by atoms with Crippen LogP contribution in [-0.4, -0.2) is 9.97 Å². The van der Waals surface area contributed by atoms with Gasteiger partial charge in [0.2, 0.25) is 0 Å². The predicted octanol–water partition coefficient (Wildman–Crippen LogP) is 3.80. The van der Waals surface area contributed by atoms with Crippen molar-refractivity contribution in [3.05, 3.63) is 48.3 Å². The Morgan fingerprint density at radius 2 is 1.67 bits per heavy atom. The van der Waals surface area contributed by atoms with Gasteiger partial charge in [-0.05, 0) is 17.5 Å². The summed E-state index contributed by atoms with van der Waals surface area (Å²) in [5.74, 6) is 0. The highest BCUT2D eigenvalue weighted by molar-refractivity contribution is 6.03. The van der Waals surface area contributed by atoms with E-state index in [4.69, 9.17) is 0 Å². The highest BCUT2D eigenvalue weighted by atomic mass is 19.4. The Labute approximate surface area is 100 Å². The second kappa shape index (κ2) is 3.66. The summed E-state index contributed by atoms with van der Waals surface area (Å²) in [6, 6.07) is 9.79. The van der Waals surface area contributed by atoms with Crippen LogP contribution in [0.3, 0.4) is 0 Å². The van der Waals surface area contributed by atoms with Crippen molar-refractivity contribution < 1.29 is 13.2 Å². The van der Waals surface area contributed by atoms with E-state index in [1.165, 1.54) is 12.3 Å². The summed E-state index contributed by atoms with van der Waals surface area (Å²) in [6.07, 6.45) is -2.91. The SMILES string of the molecule is FC(F)(F)c1ccc2c(ncc3ccccc32)n1. The molecule has 2 aromatic heterocycles. The summed E-state index contributed by atoms with van der Waals surface area (Å²) in [4.78, 5) is 7.53. The largest absolute Gasteiger partial charge is 0.433 e. The number of alkyl halides is 3. The summed E-state index contributed by atoms with van der Waals surface area (Å²) in [5, 5.41) is 2.36. The summed E-state index contributed by atoms with van der Waals surface area (Å²) in [5.41, 5.74) is -0.804. The van der Waals surface area contributed by atoms with E-state index in [-0.39, 0.29) is 5.65 Å². The third-order valence-corrected chi connectivity index (χ3v) is 2.74. The van der Waals surface area contributed by atoms with Gasteiger partial charge >= 0.3 is 6.18 Å². The first kappa shape index (κ1) is 11.0. The molecule has 0 N–H and O–H groups in total. The van der Waals surface area contributed by atoms with E-state index in [0.29, 0.717) is 5.39 Å². The summed E-state index contributed by atoms with van der Waals surface area (Å²) in [7, 11) is 0. The molecule has 2 nitrogen and oxygen atoms in total. The van der Waals surface area contributed by atoms with Gasteiger partial charge in [-0.25, -0.2) is 9.97 Å². The molecule has 0 amide bonds. The molecule has 0 saturated carbocycles. The quantitative estimate of drug-likeness (QED) is 0.565. The molecule has 0 unspecified atom stereocenters. The van der Waals surface area contributed by atoms with Gasteiger partial charge in [0.1, 0.15) is 5.69 Å². The predicted molar refractivity (Wildman–Crippen MR) is 62.0 cm³/mol. The fraction of sp³-hybridized carbons (Fsp3) is 0.0769. The number of pyridine rings is 2. The fourth-order valence-corrected chi connectivity index (χ4v) is 1.90. The third-order valence-electron chi connectivity index (χ3n) is 2.74. The number of hydrogen-bond acceptors (Lipinski definition) is 2. The molecule has 0 fully saturated rings. The molecule has 5 heteroatoms. The minimum absolute atomic E-state index is 0.114. The maximum atomic E-state index is 12.5. The average molecular weight is 248 g/mol. The second-order valence-electron chi connectivity index (χ2n) is 3.91. The molecule has 3 aromatic rings. The first-order chi connectivity index (χ1) is 8.55. The zero-order chi connectivity index (χ0) is 12.8. The van der Waals surface area contributed by atoms with Crippen LogP contribution >= 0.6 is 0 Å². The van der Waals surface area contributed by atoms with Gasteiger partial charge in [-0.15, -0.1) is 0 Å². The lowest BCUT2D eigenvalue weighted by Gasteiger charge is -2.07. The zero-order valence-electron chi connectivity index (χ0n) is 9.07. The van der Waals surface area contributed by atoms with Crippen LogP contribution in [0.1, 0.15) is 5.69 Å². The number of hydrogen-bond donors (Lipinski definition) is 0. The highest BCUT2D eigenvalue weighted by Gasteiger charge is 2.32. The van der Waals surface area contributed by atoms with Crippen LogP contribution in [0.5, 0.6) is 0 Å². The second-order valence-corrected chi connectivity index (χ2v) is 3.91. The lowest BCUT2D eigenvalue weighted by Crippen LogP contribution is -2.07. The Morgan fingerprint density at radius 1 is 0.889 bits per heavy atom. The van der Waals surface area contributed by atoms with Gasteiger partial charge in [0.25, 0.3) is 0 Å². The minimum Gasteiger partial charge on any atom is -0.236 e. The molecular weight excluding hydrogens is 241 g/mol. The topological polar surface area (TPSA) is 25.8 Å². The van der Waals surface area contributed by atoms with Gasteiger partial charge in [0.05, 0.1) is 0 Å². The van der Waals surface area contributed by atoms with Crippen LogP contribution in [0.2, 0.25) is 0 Å². The van der Waals surface area contributed by atoms with E-state index < -0.39 is 11.9 Å². The normalized spacial score (nSPS) is 12.2. The first-order valence-corrected chi connectivity index (χ1v) is 5.27. The number of halogens is 3. The van der Waals surface area contributed by atoms with Gasteiger partial charge in [-0.2, -0.15) is 13.2 Å². The molecule has 0 bridgehead atoms. The van der Waals surface area contributed by atoms with Gasteiger partial charge in [-0.1, -0.05) is 24.3 Å². The zero-order valence-corrected chi connectivity index (χ0v) is 9.07. The van der Waals surface area contributed by atoms with E-state index in [9.17, 15) is 13.2 Å². The molecule has 0 atom stereocenters. The number of benzene rings is 1. The molecule has 1 aromatic carbocycles. The molecule has 0 saturated heterocycles. The molecule has 3 rings (SSSR count). The number of aromatic nitrogens is 2. The van der Waals surface area contributed by atoms with Gasteiger partial charge < -0.3 is 0 Å². The van der Waals surface area contributed by atoms with E-state index in [0.717, 1.165) is 16.8 Å². The van der Waals surface area contributed by atoms with Crippen molar-refractivity contribution in [3.63, 3.8) is 0 Å². The molecule has 0 aliphatic heterocycles. The fourth-order valence-electron chi connectivity index (χ4n) is 1.90. The molecule has 0 spiro atoms. The van der Waals surface area contributed by atoms with E-state index >= 15 is 0 Å². The van der Waals surface area contributed by atoms with Crippen molar-refractivity contribution in [1.29, 1.82) is 0 Å². The van der Waals surface area contributed by atoms with E-state index in [2.05, 4.69) is 9.97 Å². The third kappa shape index (κ3) is 1.68. The van der Waals surface area contributed by atoms with Crippen LogP contribution in [0, 0.1) is 0 Å². The molecule has 18 heavy (non-hydrogen) atoms. The number of nitrogens with zero attached hydrogens (tertiary/aromatic N) is 2. The Balaban J connectivity index is 2.35. The Kier molecular flexibility index (Phi) is 2.23. The summed E-state index contributed by atoms with van der Waals surface area (Å²) < 4.78 is 37.6. The molecule has 0 aliphatic carbocycles. The van der Waals surface area contributed by atoms with E-state index in [1.54, 1.807) is 0 Å². The van der Waals surface area contributed by atoms with Gasteiger partial charge in [0, 0.05) is 17.0 Å². The van der Waals surface area contributed by atoms with Crippen LogP contribution in [-0.2, 0) is 6.18 Å². The molecule has 0 aliphatic rings. The smallest absolute Gasteiger partial charge is 0.236 e. The van der Waals surface area contributed by atoms with E-state index in [1.807, 2.05) is 24.3 Å². The van der Waals surface area contributed by atoms with Crippen molar-refractivity contribution in [2.45, 2.75) is 6.18 Å². The summed E-state index contributed by atoms with van der Waals surface area (Å²) in [6.45, 7) is 0. The van der Waals surface area contributed by atoms with Crippen molar-refractivity contribution in [2.24, 2.45) is 0 Å². The maximum absolute atomic E-state index is 12.5. The van der Waals surface area contributed by atoms with Crippen LogP contribution < -0.4 is 0 Å². The summed E-state index contributed by atoms with van der Waals surface area (Å²) >= 11 is 0. The Bertz CT molecular complexity index is 735.